The van der Waals surface area contributed by atoms with Gasteiger partial charge < -0.3 is 14.8 Å². The third-order valence-corrected chi connectivity index (χ3v) is 3.63. The standard InChI is InChI=1S/C13H23NO3/c1-10(12-5-3-9-17-12)14-13(15)7-6-11-4-2-8-16-11/h10-12H,2-9H2,1H3,(H,14,15)/t10-,11-,12+/m0/s1. The lowest BCUT2D eigenvalue weighted by atomic mass is 10.1. The normalized spacial score (nSPS) is 30.4. The van der Waals surface area contributed by atoms with E-state index in [1.807, 2.05) is 6.92 Å². The van der Waals surface area contributed by atoms with Crippen LogP contribution in [0.15, 0.2) is 0 Å². The van der Waals surface area contributed by atoms with Gasteiger partial charge in [0.05, 0.1) is 18.2 Å². The van der Waals surface area contributed by atoms with Crippen LogP contribution in [0.5, 0.6) is 0 Å². The van der Waals surface area contributed by atoms with Gasteiger partial charge in [0.15, 0.2) is 0 Å². The summed E-state index contributed by atoms with van der Waals surface area (Å²) in [5, 5.41) is 3.03. The first kappa shape index (κ1) is 12.8. The molecule has 2 aliphatic rings. The highest BCUT2D eigenvalue weighted by Gasteiger charge is 2.24. The Morgan fingerprint density at radius 3 is 2.71 bits per heavy atom. The van der Waals surface area contributed by atoms with Crippen molar-refractivity contribution in [3.05, 3.63) is 0 Å². The molecule has 1 amide bonds. The van der Waals surface area contributed by atoms with E-state index in [1.165, 1.54) is 0 Å². The Kier molecular flexibility index (Phi) is 4.80. The molecule has 0 spiro atoms. The molecule has 1 N–H and O–H groups in total. The number of amides is 1. The molecule has 2 fully saturated rings. The summed E-state index contributed by atoms with van der Waals surface area (Å²) < 4.78 is 11.1. The SMILES string of the molecule is C[C@H](NC(=O)CC[C@@H]1CCCO1)[C@H]1CCCO1. The summed E-state index contributed by atoms with van der Waals surface area (Å²) >= 11 is 0. The maximum atomic E-state index is 11.7. The second-order valence-electron chi connectivity index (χ2n) is 5.08. The van der Waals surface area contributed by atoms with Crippen LogP contribution < -0.4 is 5.32 Å². The molecule has 2 heterocycles. The van der Waals surface area contributed by atoms with Gasteiger partial charge in [-0.25, -0.2) is 0 Å². The quantitative estimate of drug-likeness (QED) is 0.796. The molecule has 0 aromatic heterocycles. The minimum Gasteiger partial charge on any atom is -0.378 e. The van der Waals surface area contributed by atoms with E-state index in [9.17, 15) is 4.79 Å². The smallest absolute Gasteiger partial charge is 0.220 e. The van der Waals surface area contributed by atoms with Gasteiger partial charge in [-0.15, -0.1) is 0 Å². The van der Waals surface area contributed by atoms with Crippen LogP contribution in [0.25, 0.3) is 0 Å². The Bertz CT molecular complexity index is 245. The molecule has 4 nitrogen and oxygen atoms in total. The third kappa shape index (κ3) is 3.96. The van der Waals surface area contributed by atoms with Gasteiger partial charge in [0, 0.05) is 19.6 Å². The Morgan fingerprint density at radius 1 is 1.29 bits per heavy atom. The van der Waals surface area contributed by atoms with Crippen LogP contribution in [-0.2, 0) is 14.3 Å². The molecule has 0 aromatic carbocycles. The summed E-state index contributed by atoms with van der Waals surface area (Å²) in [6.45, 7) is 3.72. The molecule has 0 radical (unpaired) electrons. The van der Waals surface area contributed by atoms with Crippen LogP contribution in [-0.4, -0.2) is 37.4 Å². The van der Waals surface area contributed by atoms with Gasteiger partial charge in [-0.2, -0.15) is 0 Å². The van der Waals surface area contributed by atoms with Gasteiger partial charge in [-0.1, -0.05) is 0 Å². The Morgan fingerprint density at radius 2 is 2.06 bits per heavy atom. The average Bonchev–Trinajstić information content (AvgIpc) is 2.99. The van der Waals surface area contributed by atoms with E-state index in [0.29, 0.717) is 12.5 Å². The van der Waals surface area contributed by atoms with Crippen LogP contribution in [0.2, 0.25) is 0 Å². The molecular formula is C13H23NO3. The molecule has 2 aliphatic heterocycles. The highest BCUT2D eigenvalue weighted by atomic mass is 16.5. The Balaban J connectivity index is 1.62. The average molecular weight is 241 g/mol. The monoisotopic (exact) mass is 241 g/mol. The lowest BCUT2D eigenvalue weighted by Crippen LogP contribution is -2.40. The second kappa shape index (κ2) is 6.36. The topological polar surface area (TPSA) is 47.6 Å². The third-order valence-electron chi connectivity index (χ3n) is 3.63. The van der Waals surface area contributed by atoms with E-state index in [4.69, 9.17) is 9.47 Å². The summed E-state index contributed by atoms with van der Waals surface area (Å²) in [7, 11) is 0. The molecule has 17 heavy (non-hydrogen) atoms. The van der Waals surface area contributed by atoms with Crippen LogP contribution in [0.4, 0.5) is 0 Å². The summed E-state index contributed by atoms with van der Waals surface area (Å²) in [5.74, 6) is 0.128. The zero-order chi connectivity index (χ0) is 12.1. The van der Waals surface area contributed by atoms with E-state index in [2.05, 4.69) is 5.32 Å². The zero-order valence-corrected chi connectivity index (χ0v) is 10.6. The summed E-state index contributed by atoms with van der Waals surface area (Å²) in [4.78, 5) is 11.7. The number of hydrogen-bond donors (Lipinski definition) is 1. The van der Waals surface area contributed by atoms with Gasteiger partial charge in [0.25, 0.3) is 0 Å². The molecule has 0 unspecified atom stereocenters. The Labute approximate surface area is 103 Å². The largest absolute Gasteiger partial charge is 0.378 e. The first-order chi connectivity index (χ1) is 8.25. The second-order valence-corrected chi connectivity index (χ2v) is 5.08. The number of rotatable bonds is 5. The van der Waals surface area contributed by atoms with Gasteiger partial charge in [0.1, 0.15) is 0 Å². The predicted octanol–water partition coefficient (Wildman–Crippen LogP) is 1.63. The molecule has 2 saturated heterocycles. The molecule has 0 bridgehead atoms. The fourth-order valence-electron chi connectivity index (χ4n) is 2.58. The van der Waals surface area contributed by atoms with Gasteiger partial charge in [0.2, 0.25) is 5.91 Å². The van der Waals surface area contributed by atoms with E-state index in [0.717, 1.165) is 45.3 Å². The lowest BCUT2D eigenvalue weighted by molar-refractivity contribution is -0.123. The van der Waals surface area contributed by atoms with Crippen LogP contribution >= 0.6 is 0 Å². The maximum absolute atomic E-state index is 11.7. The predicted molar refractivity (Wildman–Crippen MR) is 64.8 cm³/mol. The zero-order valence-electron chi connectivity index (χ0n) is 10.6. The van der Waals surface area contributed by atoms with Crippen molar-refractivity contribution in [1.29, 1.82) is 0 Å². The van der Waals surface area contributed by atoms with Gasteiger partial charge >= 0.3 is 0 Å². The number of ether oxygens (including phenoxy) is 2. The van der Waals surface area contributed by atoms with Crippen molar-refractivity contribution in [2.45, 2.75) is 63.7 Å². The van der Waals surface area contributed by atoms with Crippen LogP contribution in [0.1, 0.15) is 45.4 Å². The Hall–Kier alpha value is -0.610. The fourth-order valence-corrected chi connectivity index (χ4v) is 2.58. The van der Waals surface area contributed by atoms with Gasteiger partial charge in [-0.3, -0.25) is 4.79 Å². The molecular weight excluding hydrogens is 218 g/mol. The minimum atomic E-state index is 0.128. The van der Waals surface area contributed by atoms with Gasteiger partial charge in [-0.05, 0) is 39.0 Å². The van der Waals surface area contributed by atoms with E-state index >= 15 is 0 Å². The maximum Gasteiger partial charge on any atom is 0.220 e. The van der Waals surface area contributed by atoms with Crippen molar-refractivity contribution in [2.24, 2.45) is 0 Å². The summed E-state index contributed by atoms with van der Waals surface area (Å²) in [6, 6.07) is 0.134. The first-order valence-electron chi connectivity index (χ1n) is 6.78. The number of nitrogens with one attached hydrogen (secondary N) is 1. The molecule has 0 saturated carbocycles. The van der Waals surface area contributed by atoms with Crippen molar-refractivity contribution in [2.75, 3.05) is 13.2 Å². The van der Waals surface area contributed by atoms with Crippen molar-refractivity contribution < 1.29 is 14.3 Å². The summed E-state index contributed by atoms with van der Waals surface area (Å²) in [5.41, 5.74) is 0. The fraction of sp³-hybridized carbons (Fsp3) is 0.923. The van der Waals surface area contributed by atoms with Crippen molar-refractivity contribution in [1.82, 2.24) is 5.32 Å². The number of carbonyl (C=O) groups excluding carboxylic acids is 1. The lowest BCUT2D eigenvalue weighted by Gasteiger charge is -2.20. The highest BCUT2D eigenvalue weighted by molar-refractivity contribution is 5.76. The van der Waals surface area contributed by atoms with Crippen LogP contribution in [0, 0.1) is 0 Å². The highest BCUT2D eigenvalue weighted by Crippen LogP contribution is 2.18. The van der Waals surface area contributed by atoms with E-state index < -0.39 is 0 Å². The number of hydrogen-bond acceptors (Lipinski definition) is 3. The first-order valence-corrected chi connectivity index (χ1v) is 6.78. The van der Waals surface area contributed by atoms with Crippen LogP contribution in [0.3, 0.4) is 0 Å². The molecule has 4 heteroatoms. The molecule has 0 aromatic rings. The molecule has 0 aliphatic carbocycles. The van der Waals surface area contributed by atoms with E-state index in [-0.39, 0.29) is 18.1 Å². The molecule has 98 valence electrons. The van der Waals surface area contributed by atoms with Crippen molar-refractivity contribution >= 4 is 5.91 Å². The minimum absolute atomic E-state index is 0.128. The van der Waals surface area contributed by atoms with E-state index in [1.54, 1.807) is 0 Å². The molecule has 2 rings (SSSR count). The van der Waals surface area contributed by atoms with Crippen molar-refractivity contribution in [3.63, 3.8) is 0 Å². The number of carbonyl (C=O) groups is 1. The summed E-state index contributed by atoms with van der Waals surface area (Å²) in [6.07, 6.45) is 6.35. The molecule has 3 atom stereocenters. The van der Waals surface area contributed by atoms with Crippen molar-refractivity contribution in [3.8, 4) is 0 Å².